The number of rotatable bonds is 4. The maximum Gasteiger partial charge on any atom is 0.0233 e. The minimum absolute atomic E-state index is 0. The zero-order valence-corrected chi connectivity index (χ0v) is 32.1. The van der Waals surface area contributed by atoms with E-state index in [-0.39, 0.29) is 23.8 Å². The Labute approximate surface area is 310 Å². The molecule has 2 aliphatic heterocycles. The zero-order valence-electron chi connectivity index (χ0n) is 25.0. The van der Waals surface area contributed by atoms with Crippen molar-refractivity contribution in [1.29, 1.82) is 0 Å². The minimum atomic E-state index is -0.472. The normalized spacial score (nSPS) is 14.5. The van der Waals surface area contributed by atoms with Gasteiger partial charge >= 0.3 is 85.7 Å². The molecule has 0 unspecified atom stereocenters. The first kappa shape index (κ1) is 44.7. The first-order valence-electron chi connectivity index (χ1n) is 14.0. The molecule has 0 radical (unpaired) electrons. The summed E-state index contributed by atoms with van der Waals surface area (Å²) >= 11 is 6.85. The standard InChI is InChI=1S/2C16H19NO.4ClH.2Cu.2H3N.Pt/c2*18-16-9-8-13-6-2-3-7-14(13)15(16)12-17-10-4-1-5-11-17;;;;;;;;;/h2*2-3,6-9,18H,1,4-5,10-12H2;4*1H;;;2*1H3;/q;;;;;;2*+2;;;+2/p-6. The molecule has 6 nitrogen and oxygen atoms in total. The fraction of sp³-hybridized carbons (Fsp3) is 0.375. The third-order valence-corrected chi connectivity index (χ3v) is 7.66. The summed E-state index contributed by atoms with van der Waals surface area (Å²) in [6.45, 7) is 6.12. The van der Waals surface area contributed by atoms with Gasteiger partial charge < -0.3 is 22.5 Å². The molecule has 2 heterocycles. The first-order valence-corrected chi connectivity index (χ1v) is 22.2. The number of piperidine rings is 2. The fourth-order valence-electron chi connectivity index (χ4n) is 5.64. The van der Waals surface area contributed by atoms with E-state index in [1.54, 1.807) is 12.1 Å². The van der Waals surface area contributed by atoms with Gasteiger partial charge in [-0.05, 0) is 84.5 Å². The smallest absolute Gasteiger partial charge is 0.0233 e. The van der Waals surface area contributed by atoms with Crippen LogP contribution < -0.4 is 22.5 Å². The minimum Gasteiger partial charge on any atom is -0.872 e. The Morgan fingerprint density at radius 3 is 1.18 bits per heavy atom. The third-order valence-electron chi connectivity index (χ3n) is 7.66. The van der Waals surface area contributed by atoms with Crippen LogP contribution in [0.2, 0.25) is 0 Å². The Hall–Kier alpha value is -0.273. The molecule has 4 aromatic rings. The second-order valence-corrected chi connectivity index (χ2v) is 13.5. The van der Waals surface area contributed by atoms with Gasteiger partial charge in [-0.25, -0.2) is 0 Å². The van der Waals surface area contributed by atoms with E-state index in [9.17, 15) is 10.2 Å². The van der Waals surface area contributed by atoms with Crippen molar-refractivity contribution in [1.82, 2.24) is 22.1 Å². The molecule has 0 aromatic heterocycles. The summed E-state index contributed by atoms with van der Waals surface area (Å²) in [4.78, 5) is 4.82. The van der Waals surface area contributed by atoms with Crippen LogP contribution >= 0.6 is 39.0 Å². The monoisotopic (exact) mass is 975 g/mol. The number of fused-ring (bicyclic) bond motifs is 2. The summed E-state index contributed by atoms with van der Waals surface area (Å²) < 4.78 is 0. The SMILES string of the molecule is N.N.[Cl][Cu+].[Cl][Cu+].[Cl][Pt][Cl].[O-]c1ccc2ccccc2c1CN1CCCCC1.[O-]c1ccc2ccccc2c1CN1CCCCC1. The number of nitrogens with zero attached hydrogens (tertiary/aromatic N) is 2. The number of benzene rings is 4. The second-order valence-electron chi connectivity index (χ2n) is 10.2. The molecule has 6 N–H and O–H groups in total. The van der Waals surface area contributed by atoms with Crippen LogP contribution in [-0.2, 0) is 59.8 Å². The van der Waals surface area contributed by atoms with E-state index in [4.69, 9.17) is 18.8 Å². The Balaban J connectivity index is 0.000000693. The molecule has 4 aromatic carbocycles. The maximum absolute atomic E-state index is 12.1. The largest absolute Gasteiger partial charge is 0.872 e. The van der Waals surface area contributed by atoms with Crippen molar-refractivity contribution in [2.75, 3.05) is 26.2 Å². The van der Waals surface area contributed by atoms with Gasteiger partial charge in [-0.3, -0.25) is 9.80 Å². The van der Waals surface area contributed by atoms with Gasteiger partial charge in [-0.15, -0.1) is 11.5 Å². The van der Waals surface area contributed by atoms with Gasteiger partial charge in [0.25, 0.3) is 0 Å². The summed E-state index contributed by atoms with van der Waals surface area (Å²) in [5.74, 6) is 0.360. The van der Waals surface area contributed by atoms with E-state index in [2.05, 4.69) is 84.5 Å². The van der Waals surface area contributed by atoms with E-state index >= 15 is 0 Å². The number of hydrogen-bond acceptors (Lipinski definition) is 6. The Kier molecular flexibility index (Phi) is 26.5. The van der Waals surface area contributed by atoms with E-state index in [1.165, 1.54) is 49.3 Å². The van der Waals surface area contributed by atoms with Crippen molar-refractivity contribution in [3.8, 4) is 11.5 Å². The molecule has 0 spiro atoms. The van der Waals surface area contributed by atoms with Crippen molar-refractivity contribution in [2.24, 2.45) is 0 Å². The van der Waals surface area contributed by atoms with Gasteiger partial charge in [0, 0.05) is 13.1 Å². The van der Waals surface area contributed by atoms with Gasteiger partial charge in [0.15, 0.2) is 0 Å². The summed E-state index contributed by atoms with van der Waals surface area (Å²) in [6, 6.07) is 23.6. The quantitative estimate of drug-likeness (QED) is 0.197. The molecule has 0 bridgehead atoms. The fourth-order valence-corrected chi connectivity index (χ4v) is 5.64. The summed E-state index contributed by atoms with van der Waals surface area (Å²) in [5.41, 5.74) is 1.94. The van der Waals surface area contributed by atoms with Crippen LogP contribution in [0.1, 0.15) is 49.7 Å². The van der Waals surface area contributed by atoms with Crippen molar-refractivity contribution in [3.63, 3.8) is 0 Å². The molecule has 2 saturated heterocycles. The molecule has 0 aliphatic carbocycles. The van der Waals surface area contributed by atoms with Gasteiger partial charge in [0.05, 0.1) is 0 Å². The molecule has 0 atom stereocenters. The number of hydrogen-bond donors (Lipinski definition) is 2. The molecule has 6 rings (SSSR count). The molecule has 13 heteroatoms. The predicted octanol–water partition coefficient (Wildman–Crippen LogP) is 8.87. The maximum atomic E-state index is 12.1. The molecular formula is C32H42Cl4Cu2N4O2Pt. The summed E-state index contributed by atoms with van der Waals surface area (Å²) in [7, 11) is 18.2. The third kappa shape index (κ3) is 14.8. The van der Waals surface area contributed by atoms with Crippen LogP contribution in [0, 0.1) is 0 Å². The summed E-state index contributed by atoms with van der Waals surface area (Å²) in [5, 5.41) is 28.7. The predicted molar refractivity (Wildman–Crippen MR) is 179 cm³/mol. The van der Waals surface area contributed by atoms with E-state index in [0.29, 0.717) is 0 Å². The first-order chi connectivity index (χ1) is 21.1. The van der Waals surface area contributed by atoms with E-state index in [0.717, 1.165) is 61.2 Å². The molecule has 0 amide bonds. The van der Waals surface area contributed by atoms with Crippen LogP contribution in [0.5, 0.6) is 11.5 Å². The van der Waals surface area contributed by atoms with Crippen LogP contribution in [0.15, 0.2) is 72.8 Å². The van der Waals surface area contributed by atoms with Crippen molar-refractivity contribution in [2.45, 2.75) is 51.6 Å². The van der Waals surface area contributed by atoms with Crippen molar-refractivity contribution >= 4 is 60.6 Å². The molecular weight excluding hydrogens is 936 g/mol. The Morgan fingerprint density at radius 1 is 0.533 bits per heavy atom. The Bertz CT molecular complexity index is 1250. The molecule has 0 saturated carbocycles. The van der Waals surface area contributed by atoms with E-state index < -0.39 is 16.5 Å². The topological polar surface area (TPSA) is 123 Å². The Morgan fingerprint density at radius 2 is 0.844 bits per heavy atom. The second kappa shape index (κ2) is 26.7. The molecule has 45 heavy (non-hydrogen) atoms. The number of likely N-dealkylation sites (tertiary alicyclic amines) is 2. The summed E-state index contributed by atoms with van der Waals surface area (Å²) in [6.07, 6.45) is 7.71. The van der Waals surface area contributed by atoms with Gasteiger partial charge in [0.1, 0.15) is 0 Å². The zero-order chi connectivity index (χ0) is 31.5. The van der Waals surface area contributed by atoms with Crippen LogP contribution in [0.3, 0.4) is 0 Å². The number of halogens is 4. The van der Waals surface area contributed by atoms with Crippen LogP contribution in [0.4, 0.5) is 0 Å². The van der Waals surface area contributed by atoms with Crippen molar-refractivity contribution < 1.29 is 56.9 Å². The van der Waals surface area contributed by atoms with Crippen LogP contribution in [-0.4, -0.2) is 36.0 Å². The van der Waals surface area contributed by atoms with E-state index in [1.807, 2.05) is 36.4 Å². The van der Waals surface area contributed by atoms with Gasteiger partial charge in [0.2, 0.25) is 0 Å². The van der Waals surface area contributed by atoms with Crippen molar-refractivity contribution in [3.05, 3.63) is 83.9 Å². The molecule has 2 aliphatic rings. The van der Waals surface area contributed by atoms with Crippen LogP contribution in [0.25, 0.3) is 21.5 Å². The van der Waals surface area contributed by atoms with Gasteiger partial charge in [-0.1, -0.05) is 85.6 Å². The average Bonchev–Trinajstić information content (AvgIpc) is 3.07. The van der Waals surface area contributed by atoms with Gasteiger partial charge in [-0.2, -0.15) is 0 Å². The average molecular weight is 979 g/mol. The molecule has 2 fully saturated rings. The molecule has 262 valence electrons.